The molecule has 0 aliphatic heterocycles. The van der Waals surface area contributed by atoms with Gasteiger partial charge >= 0.3 is 11.9 Å². The molecule has 5 heteroatoms. The number of esters is 2. The molecule has 0 fully saturated rings. The Bertz CT molecular complexity index is 707. The molecule has 0 radical (unpaired) electrons. The Hall–Kier alpha value is -2.69. The van der Waals surface area contributed by atoms with E-state index in [-0.39, 0.29) is 18.8 Å². The largest absolute Gasteiger partial charge is 0.462 e. The fraction of sp³-hybridized carbons (Fsp3) is 0.222. The van der Waals surface area contributed by atoms with E-state index in [9.17, 15) is 14.0 Å². The molecule has 0 amide bonds. The van der Waals surface area contributed by atoms with Crippen molar-refractivity contribution in [2.45, 2.75) is 13.8 Å². The molecule has 0 saturated heterocycles. The molecule has 0 heterocycles. The van der Waals surface area contributed by atoms with Gasteiger partial charge in [0.05, 0.1) is 18.8 Å². The summed E-state index contributed by atoms with van der Waals surface area (Å²) in [5.74, 6) is -1.78. The number of carbonyl (C=O) groups excluding carboxylic acids is 2. The molecule has 0 atom stereocenters. The molecule has 120 valence electrons. The number of hydrogen-bond acceptors (Lipinski definition) is 4. The molecule has 0 N–H and O–H groups in total. The number of benzene rings is 2. The second-order valence-corrected chi connectivity index (χ2v) is 4.68. The van der Waals surface area contributed by atoms with Crippen molar-refractivity contribution in [2.24, 2.45) is 0 Å². The first-order chi connectivity index (χ1) is 11.1. The van der Waals surface area contributed by atoms with Gasteiger partial charge in [-0.1, -0.05) is 24.3 Å². The average molecular weight is 316 g/mol. The molecule has 0 bridgehead atoms. The first-order valence-corrected chi connectivity index (χ1v) is 7.31. The number of rotatable bonds is 5. The molecule has 0 aliphatic rings. The van der Waals surface area contributed by atoms with Crippen LogP contribution in [0.1, 0.15) is 34.6 Å². The molecule has 0 unspecified atom stereocenters. The summed E-state index contributed by atoms with van der Waals surface area (Å²) in [6.07, 6.45) is 0. The Morgan fingerprint density at radius 2 is 1.52 bits per heavy atom. The van der Waals surface area contributed by atoms with Gasteiger partial charge in [0.25, 0.3) is 0 Å². The van der Waals surface area contributed by atoms with Crippen LogP contribution in [-0.2, 0) is 9.47 Å². The number of halogens is 1. The molecule has 0 saturated carbocycles. The van der Waals surface area contributed by atoms with Gasteiger partial charge in [-0.3, -0.25) is 0 Å². The minimum absolute atomic E-state index is 0.113. The topological polar surface area (TPSA) is 52.6 Å². The van der Waals surface area contributed by atoms with Crippen LogP contribution in [0.15, 0.2) is 42.5 Å². The fourth-order valence-electron chi connectivity index (χ4n) is 2.18. The maximum absolute atomic E-state index is 14.0. The Morgan fingerprint density at radius 1 is 0.913 bits per heavy atom. The van der Waals surface area contributed by atoms with Crippen LogP contribution >= 0.6 is 0 Å². The minimum Gasteiger partial charge on any atom is -0.462 e. The van der Waals surface area contributed by atoms with Gasteiger partial charge in [-0.05, 0) is 43.2 Å². The van der Waals surface area contributed by atoms with E-state index < -0.39 is 17.8 Å². The highest BCUT2D eigenvalue weighted by Gasteiger charge is 2.19. The predicted molar refractivity (Wildman–Crippen MR) is 83.7 cm³/mol. The standard InChI is InChI=1S/C18H17FO4/c1-3-22-17(20)13-10-8-12(9-11-13)14-6-5-7-15(19)16(14)18(21)23-4-2/h5-11H,3-4H2,1-2H3. The molecule has 0 aliphatic carbocycles. The van der Waals surface area contributed by atoms with Gasteiger partial charge in [-0.15, -0.1) is 0 Å². The van der Waals surface area contributed by atoms with Gasteiger partial charge in [0.1, 0.15) is 11.4 Å². The van der Waals surface area contributed by atoms with Crippen molar-refractivity contribution >= 4 is 11.9 Å². The highest BCUT2D eigenvalue weighted by molar-refractivity contribution is 5.98. The molecule has 0 spiro atoms. The second-order valence-electron chi connectivity index (χ2n) is 4.68. The fourth-order valence-corrected chi connectivity index (χ4v) is 2.18. The lowest BCUT2D eigenvalue weighted by atomic mass is 9.98. The molecule has 0 aromatic heterocycles. The summed E-state index contributed by atoms with van der Waals surface area (Å²) < 4.78 is 23.9. The zero-order valence-electron chi connectivity index (χ0n) is 13.0. The zero-order chi connectivity index (χ0) is 16.8. The average Bonchev–Trinajstić information content (AvgIpc) is 2.55. The Labute approximate surface area is 133 Å². The van der Waals surface area contributed by atoms with Crippen molar-refractivity contribution < 1.29 is 23.5 Å². The Balaban J connectivity index is 2.40. The van der Waals surface area contributed by atoms with Gasteiger partial charge in [-0.2, -0.15) is 0 Å². The molecule has 2 rings (SSSR count). The van der Waals surface area contributed by atoms with Crippen LogP contribution in [0.4, 0.5) is 4.39 Å². The van der Waals surface area contributed by atoms with Crippen molar-refractivity contribution in [2.75, 3.05) is 13.2 Å². The van der Waals surface area contributed by atoms with E-state index in [4.69, 9.17) is 9.47 Å². The van der Waals surface area contributed by atoms with E-state index in [0.29, 0.717) is 16.7 Å². The summed E-state index contributed by atoms with van der Waals surface area (Å²) in [6.45, 7) is 3.84. The van der Waals surface area contributed by atoms with E-state index in [1.807, 2.05) is 0 Å². The summed E-state index contributed by atoms with van der Waals surface area (Å²) in [4.78, 5) is 23.6. The first kappa shape index (κ1) is 16.7. The summed E-state index contributed by atoms with van der Waals surface area (Å²) in [5, 5.41) is 0. The van der Waals surface area contributed by atoms with Crippen molar-refractivity contribution in [1.29, 1.82) is 0 Å². The van der Waals surface area contributed by atoms with Crippen molar-refractivity contribution in [1.82, 2.24) is 0 Å². The van der Waals surface area contributed by atoms with Gasteiger partial charge in [0.2, 0.25) is 0 Å². The molecular weight excluding hydrogens is 299 g/mol. The SMILES string of the molecule is CCOC(=O)c1ccc(-c2cccc(F)c2C(=O)OCC)cc1. The zero-order valence-corrected chi connectivity index (χ0v) is 13.0. The quantitative estimate of drug-likeness (QED) is 0.786. The summed E-state index contributed by atoms with van der Waals surface area (Å²) in [5.41, 5.74) is 1.31. The lowest BCUT2D eigenvalue weighted by Gasteiger charge is -2.10. The van der Waals surface area contributed by atoms with Gasteiger partial charge in [0, 0.05) is 0 Å². The third-order valence-corrected chi connectivity index (χ3v) is 3.20. The van der Waals surface area contributed by atoms with Crippen molar-refractivity contribution in [3.63, 3.8) is 0 Å². The maximum Gasteiger partial charge on any atom is 0.341 e. The highest BCUT2D eigenvalue weighted by Crippen LogP contribution is 2.27. The summed E-state index contributed by atoms with van der Waals surface area (Å²) in [7, 11) is 0. The van der Waals surface area contributed by atoms with Crippen molar-refractivity contribution in [3.05, 3.63) is 59.4 Å². The number of hydrogen-bond donors (Lipinski definition) is 0. The molecular formula is C18H17FO4. The van der Waals surface area contributed by atoms with Gasteiger partial charge < -0.3 is 9.47 Å². The van der Waals surface area contributed by atoms with Crippen LogP contribution in [0.5, 0.6) is 0 Å². The first-order valence-electron chi connectivity index (χ1n) is 7.31. The van der Waals surface area contributed by atoms with E-state index >= 15 is 0 Å². The normalized spacial score (nSPS) is 10.2. The number of carbonyl (C=O) groups is 2. The second kappa shape index (κ2) is 7.54. The Morgan fingerprint density at radius 3 is 2.13 bits per heavy atom. The smallest absolute Gasteiger partial charge is 0.341 e. The van der Waals surface area contributed by atoms with Gasteiger partial charge in [-0.25, -0.2) is 14.0 Å². The Kier molecular flexibility index (Phi) is 5.46. The molecule has 2 aromatic carbocycles. The van der Waals surface area contributed by atoms with Gasteiger partial charge in [0.15, 0.2) is 0 Å². The maximum atomic E-state index is 14.0. The van der Waals surface area contributed by atoms with Crippen LogP contribution in [0.3, 0.4) is 0 Å². The minimum atomic E-state index is -0.713. The van der Waals surface area contributed by atoms with E-state index in [2.05, 4.69) is 0 Å². The van der Waals surface area contributed by atoms with Crippen LogP contribution in [0, 0.1) is 5.82 Å². The third kappa shape index (κ3) is 3.74. The number of ether oxygens (including phenoxy) is 2. The third-order valence-electron chi connectivity index (χ3n) is 3.20. The monoisotopic (exact) mass is 316 g/mol. The van der Waals surface area contributed by atoms with Crippen LogP contribution in [0.25, 0.3) is 11.1 Å². The van der Waals surface area contributed by atoms with Crippen LogP contribution in [-0.4, -0.2) is 25.2 Å². The predicted octanol–water partition coefficient (Wildman–Crippen LogP) is 3.85. The van der Waals surface area contributed by atoms with E-state index in [1.54, 1.807) is 44.2 Å². The molecule has 4 nitrogen and oxygen atoms in total. The highest BCUT2D eigenvalue weighted by atomic mass is 19.1. The molecule has 23 heavy (non-hydrogen) atoms. The van der Waals surface area contributed by atoms with Crippen LogP contribution < -0.4 is 0 Å². The summed E-state index contributed by atoms with van der Waals surface area (Å²) >= 11 is 0. The summed E-state index contributed by atoms with van der Waals surface area (Å²) in [6, 6.07) is 10.8. The molecule has 2 aromatic rings. The lowest BCUT2D eigenvalue weighted by molar-refractivity contribution is 0.0513. The van der Waals surface area contributed by atoms with E-state index in [0.717, 1.165) is 0 Å². The van der Waals surface area contributed by atoms with E-state index in [1.165, 1.54) is 12.1 Å². The van der Waals surface area contributed by atoms with Crippen molar-refractivity contribution in [3.8, 4) is 11.1 Å². The van der Waals surface area contributed by atoms with Crippen LogP contribution in [0.2, 0.25) is 0 Å². The lowest BCUT2D eigenvalue weighted by Crippen LogP contribution is -2.09.